The lowest BCUT2D eigenvalue weighted by Gasteiger charge is -2.07. The fraction of sp³-hybridized carbons (Fsp3) is 0.176. The maximum absolute atomic E-state index is 12.1. The summed E-state index contributed by atoms with van der Waals surface area (Å²) < 4.78 is 5.88. The zero-order valence-electron chi connectivity index (χ0n) is 12.5. The molecular formula is C17H17BrN2O2. The smallest absolute Gasteiger partial charge is 0.272 e. The van der Waals surface area contributed by atoms with Crippen molar-refractivity contribution >= 4 is 27.5 Å². The molecule has 22 heavy (non-hydrogen) atoms. The molecule has 0 aliphatic rings. The van der Waals surface area contributed by atoms with E-state index in [1.54, 1.807) is 13.2 Å². The minimum Gasteiger partial charge on any atom is -0.497 e. The number of nitrogens with one attached hydrogen (secondary N) is 1. The number of carbonyl (C=O) groups is 1. The first-order valence-corrected chi connectivity index (χ1v) is 7.71. The van der Waals surface area contributed by atoms with Crippen LogP contribution in [-0.4, -0.2) is 18.7 Å². The van der Waals surface area contributed by atoms with Crippen molar-refractivity contribution in [3.63, 3.8) is 0 Å². The fourth-order valence-electron chi connectivity index (χ4n) is 1.95. The lowest BCUT2D eigenvalue weighted by Crippen LogP contribution is -2.20. The first kappa shape index (κ1) is 16.2. The average molecular weight is 361 g/mol. The van der Waals surface area contributed by atoms with Gasteiger partial charge in [0.2, 0.25) is 0 Å². The van der Waals surface area contributed by atoms with Crippen LogP contribution in [0.15, 0.2) is 58.1 Å². The minimum absolute atomic E-state index is 0.244. The highest BCUT2D eigenvalue weighted by Gasteiger charge is 2.09. The predicted molar refractivity (Wildman–Crippen MR) is 91.4 cm³/mol. The molecule has 0 spiro atoms. The number of amides is 1. The summed E-state index contributed by atoms with van der Waals surface area (Å²) in [7, 11) is 1.63. The van der Waals surface area contributed by atoms with Gasteiger partial charge >= 0.3 is 0 Å². The number of carbonyl (C=O) groups excluding carboxylic acids is 1. The lowest BCUT2D eigenvalue weighted by molar-refractivity contribution is 0.0954. The molecule has 114 valence electrons. The number of benzene rings is 2. The highest BCUT2D eigenvalue weighted by atomic mass is 79.9. The van der Waals surface area contributed by atoms with Crippen LogP contribution in [0.3, 0.4) is 0 Å². The lowest BCUT2D eigenvalue weighted by atomic mass is 10.1. The Labute approximate surface area is 138 Å². The van der Waals surface area contributed by atoms with E-state index < -0.39 is 0 Å². The Morgan fingerprint density at radius 1 is 1.18 bits per heavy atom. The van der Waals surface area contributed by atoms with Crippen molar-refractivity contribution in [3.8, 4) is 5.75 Å². The number of methoxy groups -OCH3 is 1. The molecule has 5 heteroatoms. The number of halogens is 1. The summed E-state index contributed by atoms with van der Waals surface area (Å²) in [6, 6.07) is 14.8. The van der Waals surface area contributed by atoms with Crippen LogP contribution in [0.2, 0.25) is 0 Å². The van der Waals surface area contributed by atoms with Crippen molar-refractivity contribution in [1.29, 1.82) is 0 Å². The third kappa shape index (κ3) is 3.95. The predicted octanol–water partition coefficient (Wildman–Crippen LogP) is 4.00. The SMILES string of the molecule is CC/C(=N\NC(=O)c1ccccc1Br)c1ccc(OC)cc1. The molecule has 0 bridgehead atoms. The number of hydrogen-bond donors (Lipinski definition) is 1. The normalized spacial score (nSPS) is 11.1. The number of ether oxygens (including phenoxy) is 1. The Hall–Kier alpha value is -2.14. The van der Waals surface area contributed by atoms with Crippen molar-refractivity contribution in [1.82, 2.24) is 5.43 Å². The minimum atomic E-state index is -0.244. The molecule has 2 aromatic carbocycles. The molecule has 0 aliphatic carbocycles. The van der Waals surface area contributed by atoms with Crippen molar-refractivity contribution < 1.29 is 9.53 Å². The van der Waals surface area contributed by atoms with E-state index in [0.717, 1.165) is 21.5 Å². The Kier molecular flexibility index (Phi) is 5.72. The monoisotopic (exact) mass is 360 g/mol. The molecule has 0 fully saturated rings. The fourth-order valence-corrected chi connectivity index (χ4v) is 2.42. The van der Waals surface area contributed by atoms with Gasteiger partial charge in [-0.1, -0.05) is 19.1 Å². The van der Waals surface area contributed by atoms with E-state index in [2.05, 4.69) is 26.5 Å². The molecule has 0 saturated carbocycles. The van der Waals surface area contributed by atoms with E-state index in [-0.39, 0.29) is 5.91 Å². The van der Waals surface area contributed by atoms with Crippen molar-refractivity contribution in [2.24, 2.45) is 5.10 Å². The van der Waals surface area contributed by atoms with Gasteiger partial charge in [0.05, 0.1) is 18.4 Å². The first-order chi connectivity index (χ1) is 10.7. The highest BCUT2D eigenvalue weighted by Crippen LogP contribution is 2.16. The van der Waals surface area contributed by atoms with Gasteiger partial charge in [0.25, 0.3) is 5.91 Å². The topological polar surface area (TPSA) is 50.7 Å². The standard InChI is InChI=1S/C17H17BrN2O2/c1-3-16(12-8-10-13(22-2)11-9-12)19-20-17(21)14-6-4-5-7-15(14)18/h4-11H,3H2,1-2H3,(H,20,21)/b19-16+. The van der Waals surface area contributed by atoms with Gasteiger partial charge in [0, 0.05) is 4.47 Å². The van der Waals surface area contributed by atoms with Gasteiger partial charge in [-0.25, -0.2) is 5.43 Å². The van der Waals surface area contributed by atoms with Crippen LogP contribution in [0.1, 0.15) is 29.3 Å². The van der Waals surface area contributed by atoms with Gasteiger partial charge in [-0.05, 0) is 64.3 Å². The van der Waals surface area contributed by atoms with Crippen molar-refractivity contribution in [2.45, 2.75) is 13.3 Å². The van der Waals surface area contributed by atoms with Crippen LogP contribution in [0.25, 0.3) is 0 Å². The van der Waals surface area contributed by atoms with Gasteiger partial charge in [-0.15, -0.1) is 0 Å². The summed E-state index contributed by atoms with van der Waals surface area (Å²) >= 11 is 3.36. The third-order valence-electron chi connectivity index (χ3n) is 3.17. The van der Waals surface area contributed by atoms with Crippen LogP contribution in [-0.2, 0) is 0 Å². The maximum atomic E-state index is 12.1. The quantitative estimate of drug-likeness (QED) is 0.646. The van der Waals surface area contributed by atoms with E-state index in [1.807, 2.05) is 49.4 Å². The number of rotatable bonds is 5. The van der Waals surface area contributed by atoms with Gasteiger partial charge in [-0.2, -0.15) is 5.10 Å². The highest BCUT2D eigenvalue weighted by molar-refractivity contribution is 9.10. The van der Waals surface area contributed by atoms with Crippen LogP contribution in [0.4, 0.5) is 0 Å². The van der Waals surface area contributed by atoms with E-state index in [0.29, 0.717) is 12.0 Å². The Balaban J connectivity index is 2.15. The van der Waals surface area contributed by atoms with Crippen molar-refractivity contribution in [3.05, 3.63) is 64.1 Å². The van der Waals surface area contributed by atoms with E-state index in [9.17, 15) is 4.79 Å². The van der Waals surface area contributed by atoms with E-state index in [1.165, 1.54) is 0 Å². The van der Waals surface area contributed by atoms with E-state index in [4.69, 9.17) is 4.74 Å². The zero-order valence-corrected chi connectivity index (χ0v) is 14.1. The molecule has 2 aromatic rings. The molecule has 0 aliphatic heterocycles. The van der Waals surface area contributed by atoms with E-state index >= 15 is 0 Å². The molecule has 0 radical (unpaired) electrons. The molecule has 0 atom stereocenters. The van der Waals surface area contributed by atoms with Gasteiger partial charge in [-0.3, -0.25) is 4.79 Å². The number of nitrogens with zero attached hydrogens (tertiary/aromatic N) is 1. The first-order valence-electron chi connectivity index (χ1n) is 6.91. The summed E-state index contributed by atoms with van der Waals surface area (Å²) in [5.41, 5.74) is 4.92. The van der Waals surface area contributed by atoms with Gasteiger partial charge in [0.1, 0.15) is 5.75 Å². The summed E-state index contributed by atoms with van der Waals surface area (Å²) in [6.07, 6.45) is 0.711. The molecule has 4 nitrogen and oxygen atoms in total. The van der Waals surface area contributed by atoms with Crippen LogP contribution < -0.4 is 10.2 Å². The maximum Gasteiger partial charge on any atom is 0.272 e. The second kappa shape index (κ2) is 7.75. The van der Waals surface area contributed by atoms with Crippen LogP contribution >= 0.6 is 15.9 Å². The average Bonchev–Trinajstić information content (AvgIpc) is 2.56. The molecule has 1 amide bonds. The summed E-state index contributed by atoms with van der Waals surface area (Å²) in [5, 5.41) is 4.24. The van der Waals surface area contributed by atoms with Gasteiger partial charge < -0.3 is 4.74 Å². The number of hydrazone groups is 1. The molecule has 1 N–H and O–H groups in total. The zero-order chi connectivity index (χ0) is 15.9. The molecule has 0 aromatic heterocycles. The summed E-state index contributed by atoms with van der Waals surface area (Å²) in [4.78, 5) is 12.1. The number of hydrogen-bond acceptors (Lipinski definition) is 3. The molecule has 0 heterocycles. The third-order valence-corrected chi connectivity index (χ3v) is 3.86. The molecular weight excluding hydrogens is 344 g/mol. The second-order valence-corrected chi connectivity index (χ2v) is 5.42. The van der Waals surface area contributed by atoms with Crippen molar-refractivity contribution in [2.75, 3.05) is 7.11 Å². The molecule has 0 saturated heterocycles. The Morgan fingerprint density at radius 3 is 2.45 bits per heavy atom. The molecule has 2 rings (SSSR count). The Bertz CT molecular complexity index is 681. The summed E-state index contributed by atoms with van der Waals surface area (Å²) in [5.74, 6) is 0.545. The summed E-state index contributed by atoms with van der Waals surface area (Å²) in [6.45, 7) is 1.99. The van der Waals surface area contributed by atoms with Crippen LogP contribution in [0, 0.1) is 0 Å². The Morgan fingerprint density at radius 2 is 1.86 bits per heavy atom. The van der Waals surface area contributed by atoms with Gasteiger partial charge in [0.15, 0.2) is 0 Å². The second-order valence-electron chi connectivity index (χ2n) is 4.56. The molecule has 0 unspecified atom stereocenters. The van der Waals surface area contributed by atoms with Crippen LogP contribution in [0.5, 0.6) is 5.75 Å². The largest absolute Gasteiger partial charge is 0.497 e.